The van der Waals surface area contributed by atoms with Gasteiger partial charge in [-0.25, -0.2) is 0 Å². The Hall–Kier alpha value is -1.32. The SMILES string of the molecule is CCCNC(c1ccc(Cl)cc1)c1c(C)nn(C)c1C. The van der Waals surface area contributed by atoms with Gasteiger partial charge in [0, 0.05) is 23.3 Å². The lowest BCUT2D eigenvalue weighted by Crippen LogP contribution is -2.24. The maximum Gasteiger partial charge on any atom is 0.0647 e. The van der Waals surface area contributed by atoms with E-state index in [1.807, 2.05) is 23.9 Å². The van der Waals surface area contributed by atoms with Gasteiger partial charge >= 0.3 is 0 Å². The zero-order chi connectivity index (χ0) is 14.7. The molecular weight excluding hydrogens is 270 g/mol. The van der Waals surface area contributed by atoms with Crippen molar-refractivity contribution in [3.8, 4) is 0 Å². The van der Waals surface area contributed by atoms with Gasteiger partial charge in [-0.15, -0.1) is 0 Å². The number of hydrogen-bond acceptors (Lipinski definition) is 2. The van der Waals surface area contributed by atoms with Crippen LogP contribution < -0.4 is 5.32 Å². The minimum Gasteiger partial charge on any atom is -0.306 e. The van der Waals surface area contributed by atoms with E-state index in [1.54, 1.807) is 0 Å². The molecule has 1 unspecified atom stereocenters. The third kappa shape index (κ3) is 3.05. The maximum atomic E-state index is 6.00. The third-order valence-corrected chi connectivity index (χ3v) is 3.91. The van der Waals surface area contributed by atoms with Crippen molar-refractivity contribution >= 4 is 11.6 Å². The van der Waals surface area contributed by atoms with Gasteiger partial charge in [-0.3, -0.25) is 4.68 Å². The quantitative estimate of drug-likeness (QED) is 0.908. The summed E-state index contributed by atoms with van der Waals surface area (Å²) < 4.78 is 1.95. The van der Waals surface area contributed by atoms with Gasteiger partial charge in [0.2, 0.25) is 0 Å². The predicted octanol–water partition coefficient (Wildman–Crippen LogP) is 3.78. The number of aryl methyl sites for hydroxylation is 2. The van der Waals surface area contributed by atoms with E-state index < -0.39 is 0 Å². The van der Waals surface area contributed by atoms with Gasteiger partial charge in [0.25, 0.3) is 0 Å². The van der Waals surface area contributed by atoms with Crippen LogP contribution in [-0.4, -0.2) is 16.3 Å². The Balaban J connectivity index is 2.44. The molecule has 1 N–H and O–H groups in total. The highest BCUT2D eigenvalue weighted by atomic mass is 35.5. The van der Waals surface area contributed by atoms with E-state index in [9.17, 15) is 0 Å². The molecule has 2 aromatic rings. The molecule has 0 aliphatic rings. The van der Waals surface area contributed by atoms with Crippen molar-refractivity contribution in [1.82, 2.24) is 15.1 Å². The zero-order valence-electron chi connectivity index (χ0n) is 12.6. The largest absolute Gasteiger partial charge is 0.306 e. The van der Waals surface area contributed by atoms with Gasteiger partial charge in [-0.1, -0.05) is 30.7 Å². The molecule has 0 saturated carbocycles. The lowest BCUT2D eigenvalue weighted by atomic mass is 9.97. The first-order chi connectivity index (χ1) is 9.54. The summed E-state index contributed by atoms with van der Waals surface area (Å²) in [5, 5.41) is 8.92. The van der Waals surface area contributed by atoms with Gasteiger partial charge in [0.05, 0.1) is 11.7 Å². The Kier molecular flexibility index (Phi) is 4.84. The normalized spacial score (nSPS) is 12.7. The Morgan fingerprint density at radius 1 is 1.25 bits per heavy atom. The van der Waals surface area contributed by atoms with Gasteiger partial charge in [-0.2, -0.15) is 5.10 Å². The topological polar surface area (TPSA) is 29.9 Å². The van der Waals surface area contributed by atoms with Crippen LogP contribution in [0.5, 0.6) is 0 Å². The average molecular weight is 292 g/mol. The van der Waals surface area contributed by atoms with Crippen LogP contribution in [0.4, 0.5) is 0 Å². The number of aromatic nitrogens is 2. The van der Waals surface area contributed by atoms with Gasteiger partial charge < -0.3 is 5.32 Å². The number of rotatable bonds is 5. The molecule has 1 heterocycles. The van der Waals surface area contributed by atoms with Gasteiger partial charge in [0.1, 0.15) is 0 Å². The van der Waals surface area contributed by atoms with Crippen LogP contribution in [0.15, 0.2) is 24.3 Å². The van der Waals surface area contributed by atoms with Crippen LogP contribution in [0, 0.1) is 13.8 Å². The minimum absolute atomic E-state index is 0.168. The molecule has 0 saturated heterocycles. The molecular formula is C16H22ClN3. The van der Waals surface area contributed by atoms with E-state index >= 15 is 0 Å². The molecule has 108 valence electrons. The van der Waals surface area contributed by atoms with E-state index in [-0.39, 0.29) is 6.04 Å². The number of nitrogens with zero attached hydrogens (tertiary/aromatic N) is 2. The van der Waals surface area contributed by atoms with Crippen molar-refractivity contribution in [2.45, 2.75) is 33.2 Å². The van der Waals surface area contributed by atoms with Crippen LogP contribution in [0.25, 0.3) is 0 Å². The monoisotopic (exact) mass is 291 g/mol. The molecule has 0 spiro atoms. The van der Waals surface area contributed by atoms with E-state index in [0.717, 1.165) is 23.7 Å². The van der Waals surface area contributed by atoms with Crippen molar-refractivity contribution in [2.24, 2.45) is 7.05 Å². The highest BCUT2D eigenvalue weighted by Gasteiger charge is 2.21. The van der Waals surface area contributed by atoms with E-state index in [1.165, 1.54) is 16.8 Å². The summed E-state index contributed by atoms with van der Waals surface area (Å²) in [5.41, 5.74) is 4.77. The molecule has 1 aromatic carbocycles. The summed E-state index contributed by atoms with van der Waals surface area (Å²) in [6, 6.07) is 8.22. The summed E-state index contributed by atoms with van der Waals surface area (Å²) >= 11 is 6.00. The highest BCUT2D eigenvalue weighted by molar-refractivity contribution is 6.30. The molecule has 0 bridgehead atoms. The smallest absolute Gasteiger partial charge is 0.0647 e. The Bertz CT molecular complexity index is 572. The predicted molar refractivity (Wildman–Crippen MR) is 84.3 cm³/mol. The van der Waals surface area contributed by atoms with Crippen LogP contribution in [0.1, 0.15) is 41.9 Å². The highest BCUT2D eigenvalue weighted by Crippen LogP contribution is 2.28. The van der Waals surface area contributed by atoms with Crippen LogP contribution in [0.3, 0.4) is 0 Å². The summed E-state index contributed by atoms with van der Waals surface area (Å²) in [4.78, 5) is 0. The second-order valence-corrected chi connectivity index (χ2v) is 5.58. The lowest BCUT2D eigenvalue weighted by molar-refractivity contribution is 0.593. The molecule has 20 heavy (non-hydrogen) atoms. The summed E-state index contributed by atoms with van der Waals surface area (Å²) in [7, 11) is 1.99. The van der Waals surface area contributed by atoms with Crippen LogP contribution in [0.2, 0.25) is 5.02 Å². The van der Waals surface area contributed by atoms with Crippen molar-refractivity contribution in [3.05, 3.63) is 51.8 Å². The molecule has 0 radical (unpaired) electrons. The number of halogens is 1. The maximum absolute atomic E-state index is 6.00. The van der Waals surface area contributed by atoms with Gasteiger partial charge in [-0.05, 0) is 44.5 Å². The number of nitrogens with one attached hydrogen (secondary N) is 1. The molecule has 0 fully saturated rings. The van der Waals surface area contributed by atoms with Gasteiger partial charge in [0.15, 0.2) is 0 Å². The molecule has 3 nitrogen and oxygen atoms in total. The fourth-order valence-corrected chi connectivity index (χ4v) is 2.66. The Morgan fingerprint density at radius 3 is 2.40 bits per heavy atom. The molecule has 1 aromatic heterocycles. The average Bonchev–Trinajstić information content (AvgIpc) is 2.67. The summed E-state index contributed by atoms with van der Waals surface area (Å²) in [6.07, 6.45) is 1.10. The van der Waals surface area contributed by atoms with Crippen LogP contribution in [-0.2, 0) is 7.05 Å². The molecule has 1 atom stereocenters. The lowest BCUT2D eigenvalue weighted by Gasteiger charge is -2.20. The van der Waals surface area contributed by atoms with Crippen molar-refractivity contribution in [1.29, 1.82) is 0 Å². The van der Waals surface area contributed by atoms with Crippen LogP contribution >= 0.6 is 11.6 Å². The molecule has 4 heteroatoms. The van der Waals surface area contributed by atoms with E-state index in [2.05, 4.69) is 43.3 Å². The first-order valence-corrected chi connectivity index (χ1v) is 7.41. The fourth-order valence-electron chi connectivity index (χ4n) is 2.54. The molecule has 2 rings (SSSR count). The molecule has 0 aliphatic heterocycles. The second kappa shape index (κ2) is 6.42. The summed E-state index contributed by atoms with van der Waals surface area (Å²) in [5.74, 6) is 0. The first kappa shape index (κ1) is 15.1. The minimum atomic E-state index is 0.168. The third-order valence-electron chi connectivity index (χ3n) is 3.66. The second-order valence-electron chi connectivity index (χ2n) is 5.15. The Labute approximate surface area is 126 Å². The van der Waals surface area contributed by atoms with Crippen molar-refractivity contribution < 1.29 is 0 Å². The fraction of sp³-hybridized carbons (Fsp3) is 0.438. The summed E-state index contributed by atoms with van der Waals surface area (Å²) in [6.45, 7) is 7.33. The molecule has 0 aliphatic carbocycles. The van der Waals surface area contributed by atoms with Crippen molar-refractivity contribution in [3.63, 3.8) is 0 Å². The zero-order valence-corrected chi connectivity index (χ0v) is 13.3. The molecule has 0 amide bonds. The standard InChI is InChI=1S/C16H22ClN3/c1-5-10-18-16(13-6-8-14(17)9-7-13)15-11(2)19-20(4)12(15)3/h6-9,16,18H,5,10H2,1-4H3. The number of hydrogen-bond donors (Lipinski definition) is 1. The first-order valence-electron chi connectivity index (χ1n) is 7.03. The van der Waals surface area contributed by atoms with E-state index in [0.29, 0.717) is 0 Å². The number of benzene rings is 1. The van der Waals surface area contributed by atoms with Crippen molar-refractivity contribution in [2.75, 3.05) is 6.54 Å². The van der Waals surface area contributed by atoms with E-state index in [4.69, 9.17) is 11.6 Å². The Morgan fingerprint density at radius 2 is 1.90 bits per heavy atom.